The molecule has 1 aromatic carbocycles. The highest BCUT2D eigenvalue weighted by Gasteiger charge is 2.25. The van der Waals surface area contributed by atoms with Gasteiger partial charge in [0.25, 0.3) is 0 Å². The Morgan fingerprint density at radius 2 is 2.05 bits per heavy atom. The van der Waals surface area contributed by atoms with Gasteiger partial charge in [0.1, 0.15) is 0 Å². The first-order chi connectivity index (χ1) is 9.06. The van der Waals surface area contributed by atoms with E-state index in [1.54, 1.807) is 0 Å². The second-order valence-electron chi connectivity index (χ2n) is 5.40. The molecule has 0 atom stereocenters. The molecule has 0 amide bonds. The van der Waals surface area contributed by atoms with E-state index in [4.69, 9.17) is 5.11 Å². The van der Waals surface area contributed by atoms with E-state index >= 15 is 0 Å². The van der Waals surface area contributed by atoms with Crippen molar-refractivity contribution in [1.82, 2.24) is 0 Å². The van der Waals surface area contributed by atoms with E-state index < -0.39 is 5.97 Å². The third kappa shape index (κ3) is 3.96. The van der Waals surface area contributed by atoms with Crippen molar-refractivity contribution in [2.45, 2.75) is 32.6 Å². The third-order valence-electron chi connectivity index (χ3n) is 3.95. The van der Waals surface area contributed by atoms with E-state index in [9.17, 15) is 4.79 Å². The number of carbonyl (C=O) groups is 1. The molecule has 0 radical (unpaired) electrons. The number of carboxylic acid groups (broad SMARTS) is 1. The van der Waals surface area contributed by atoms with Gasteiger partial charge < -0.3 is 10.4 Å². The monoisotopic (exact) mass is 325 g/mol. The van der Waals surface area contributed by atoms with Crippen molar-refractivity contribution in [2.75, 3.05) is 11.9 Å². The lowest BCUT2D eigenvalue weighted by atomic mass is 9.82. The minimum atomic E-state index is -0.630. The lowest BCUT2D eigenvalue weighted by Gasteiger charge is -2.26. The fourth-order valence-corrected chi connectivity index (χ4v) is 2.88. The Hall–Kier alpha value is -1.03. The first-order valence-electron chi connectivity index (χ1n) is 6.79. The molecule has 0 aromatic heterocycles. The molecule has 0 spiro atoms. The van der Waals surface area contributed by atoms with Gasteiger partial charge in [0.15, 0.2) is 0 Å². The Labute approximate surface area is 122 Å². The minimum absolute atomic E-state index is 0.119. The molecule has 4 heteroatoms. The molecule has 0 heterocycles. The van der Waals surface area contributed by atoms with E-state index in [1.165, 1.54) is 5.56 Å². The number of hydrogen-bond acceptors (Lipinski definition) is 2. The molecule has 2 N–H and O–H groups in total. The molecule has 0 aliphatic heterocycles. The number of rotatable bonds is 4. The van der Waals surface area contributed by atoms with Crippen LogP contribution >= 0.6 is 15.9 Å². The van der Waals surface area contributed by atoms with E-state index in [0.717, 1.165) is 42.4 Å². The average Bonchev–Trinajstić information content (AvgIpc) is 2.40. The van der Waals surface area contributed by atoms with Crippen molar-refractivity contribution in [1.29, 1.82) is 0 Å². The summed E-state index contributed by atoms with van der Waals surface area (Å²) in [6.07, 6.45) is 3.67. The van der Waals surface area contributed by atoms with Gasteiger partial charge in [-0.2, -0.15) is 0 Å². The summed E-state index contributed by atoms with van der Waals surface area (Å²) in [5, 5.41) is 12.4. The number of aliphatic carboxylic acids is 1. The number of anilines is 1. The summed E-state index contributed by atoms with van der Waals surface area (Å²) < 4.78 is 1.13. The Morgan fingerprint density at radius 1 is 1.37 bits per heavy atom. The van der Waals surface area contributed by atoms with Crippen LogP contribution in [-0.2, 0) is 4.79 Å². The summed E-state index contributed by atoms with van der Waals surface area (Å²) >= 11 is 3.49. The van der Waals surface area contributed by atoms with Gasteiger partial charge in [-0.15, -0.1) is 0 Å². The molecule has 0 saturated heterocycles. The largest absolute Gasteiger partial charge is 0.481 e. The van der Waals surface area contributed by atoms with E-state index in [2.05, 4.69) is 46.4 Å². The molecular formula is C15H20BrNO2. The first-order valence-corrected chi connectivity index (χ1v) is 7.58. The zero-order chi connectivity index (χ0) is 13.8. The molecule has 104 valence electrons. The molecule has 0 unspecified atom stereocenters. The highest BCUT2D eigenvalue weighted by atomic mass is 79.9. The van der Waals surface area contributed by atoms with Crippen molar-refractivity contribution in [3.05, 3.63) is 28.2 Å². The maximum Gasteiger partial charge on any atom is 0.306 e. The summed E-state index contributed by atoms with van der Waals surface area (Å²) in [7, 11) is 0. The van der Waals surface area contributed by atoms with Crippen LogP contribution < -0.4 is 5.32 Å². The smallest absolute Gasteiger partial charge is 0.306 e. The van der Waals surface area contributed by atoms with E-state index in [-0.39, 0.29) is 5.92 Å². The number of benzene rings is 1. The van der Waals surface area contributed by atoms with Gasteiger partial charge in [0.05, 0.1) is 5.92 Å². The van der Waals surface area contributed by atoms with Crippen molar-refractivity contribution >= 4 is 27.6 Å². The van der Waals surface area contributed by atoms with Gasteiger partial charge in [-0.25, -0.2) is 0 Å². The lowest BCUT2D eigenvalue weighted by Crippen LogP contribution is -2.25. The molecule has 0 bridgehead atoms. The minimum Gasteiger partial charge on any atom is -0.481 e. The summed E-state index contributed by atoms with van der Waals surface area (Å²) in [5.41, 5.74) is 2.36. The van der Waals surface area contributed by atoms with Gasteiger partial charge in [0.2, 0.25) is 0 Å². The number of hydrogen-bond donors (Lipinski definition) is 2. The van der Waals surface area contributed by atoms with Crippen molar-refractivity contribution in [3.8, 4) is 0 Å². The van der Waals surface area contributed by atoms with Crippen LogP contribution in [0.15, 0.2) is 22.7 Å². The van der Waals surface area contributed by atoms with Crippen molar-refractivity contribution < 1.29 is 9.90 Å². The maximum absolute atomic E-state index is 10.9. The zero-order valence-corrected chi connectivity index (χ0v) is 12.7. The van der Waals surface area contributed by atoms with Crippen LogP contribution in [0.2, 0.25) is 0 Å². The van der Waals surface area contributed by atoms with Gasteiger partial charge in [-0.1, -0.05) is 15.9 Å². The highest BCUT2D eigenvalue weighted by molar-refractivity contribution is 9.10. The molecule has 1 fully saturated rings. The Morgan fingerprint density at radius 3 is 2.63 bits per heavy atom. The molecule has 3 nitrogen and oxygen atoms in total. The van der Waals surface area contributed by atoms with Crippen LogP contribution in [0.4, 0.5) is 5.69 Å². The van der Waals surface area contributed by atoms with E-state index in [0.29, 0.717) is 5.92 Å². The SMILES string of the molecule is Cc1cc(NCC2CCC(C(=O)O)CC2)ccc1Br. The molecule has 1 aromatic rings. The predicted octanol–water partition coefficient (Wildman–Crippen LogP) is 4.06. The Bertz CT molecular complexity index is 453. The molecule has 19 heavy (non-hydrogen) atoms. The molecular weight excluding hydrogens is 306 g/mol. The number of carboxylic acids is 1. The Kier molecular flexibility index (Phi) is 4.86. The summed E-state index contributed by atoms with van der Waals surface area (Å²) in [6, 6.07) is 6.26. The van der Waals surface area contributed by atoms with Crippen LogP contribution in [0.3, 0.4) is 0 Å². The predicted molar refractivity (Wildman–Crippen MR) is 80.5 cm³/mol. The fraction of sp³-hybridized carbons (Fsp3) is 0.533. The van der Waals surface area contributed by atoms with Crippen LogP contribution in [0.25, 0.3) is 0 Å². The second kappa shape index (κ2) is 6.42. The normalized spacial score (nSPS) is 23.1. The fourth-order valence-electron chi connectivity index (χ4n) is 2.63. The number of aryl methyl sites for hydroxylation is 1. The average molecular weight is 326 g/mol. The highest BCUT2D eigenvalue weighted by Crippen LogP contribution is 2.29. The first kappa shape index (κ1) is 14.4. The number of nitrogens with one attached hydrogen (secondary N) is 1. The summed E-state index contributed by atoms with van der Waals surface area (Å²) in [5.74, 6) is -0.152. The van der Waals surface area contributed by atoms with Crippen molar-refractivity contribution in [3.63, 3.8) is 0 Å². The quantitative estimate of drug-likeness (QED) is 0.877. The molecule has 1 aliphatic rings. The molecule has 1 aliphatic carbocycles. The third-order valence-corrected chi connectivity index (χ3v) is 4.84. The van der Waals surface area contributed by atoms with Crippen LogP contribution in [-0.4, -0.2) is 17.6 Å². The standard InChI is InChI=1S/C15H20BrNO2/c1-10-8-13(6-7-14(10)16)17-9-11-2-4-12(5-3-11)15(18)19/h6-8,11-12,17H,2-5,9H2,1H3,(H,18,19). The van der Waals surface area contributed by atoms with Gasteiger partial charge >= 0.3 is 5.97 Å². The van der Waals surface area contributed by atoms with Crippen LogP contribution in [0.1, 0.15) is 31.2 Å². The zero-order valence-electron chi connectivity index (χ0n) is 11.2. The van der Waals surface area contributed by atoms with Crippen molar-refractivity contribution in [2.24, 2.45) is 11.8 Å². The molecule has 2 rings (SSSR count). The van der Waals surface area contributed by atoms with Gasteiger partial charge in [-0.3, -0.25) is 4.79 Å². The lowest BCUT2D eigenvalue weighted by molar-refractivity contribution is -0.143. The summed E-state index contributed by atoms with van der Waals surface area (Å²) in [6.45, 7) is 3.01. The Balaban J connectivity index is 1.80. The summed E-state index contributed by atoms with van der Waals surface area (Å²) in [4.78, 5) is 10.9. The van der Waals surface area contributed by atoms with Gasteiger partial charge in [0, 0.05) is 16.7 Å². The topological polar surface area (TPSA) is 49.3 Å². The van der Waals surface area contributed by atoms with E-state index in [1.807, 2.05) is 0 Å². The second-order valence-corrected chi connectivity index (χ2v) is 6.26. The van der Waals surface area contributed by atoms with Crippen LogP contribution in [0.5, 0.6) is 0 Å². The van der Waals surface area contributed by atoms with Gasteiger partial charge in [-0.05, 0) is 62.3 Å². The van der Waals surface area contributed by atoms with Crippen LogP contribution in [0, 0.1) is 18.8 Å². The number of halogens is 1. The molecule has 1 saturated carbocycles. The maximum atomic E-state index is 10.9.